The van der Waals surface area contributed by atoms with Crippen molar-refractivity contribution in [3.8, 4) is 0 Å². The van der Waals surface area contributed by atoms with Crippen LogP contribution in [0, 0.1) is 0 Å². The number of nitrogens with two attached hydrogens (primary N) is 1. The van der Waals surface area contributed by atoms with Gasteiger partial charge in [0, 0.05) is 39.7 Å². The Morgan fingerprint density at radius 2 is 1.95 bits per heavy atom. The molecule has 0 aliphatic carbocycles. The first-order chi connectivity index (χ1) is 9.95. The molecule has 0 spiro atoms. The molecular formula is C15H18BrN3OS. The summed E-state index contributed by atoms with van der Waals surface area (Å²) in [5.74, 6) is 0.0536. The number of thiophene rings is 1. The fourth-order valence-electron chi connectivity index (χ4n) is 1.94. The molecule has 0 aliphatic heterocycles. The van der Waals surface area contributed by atoms with Crippen molar-refractivity contribution in [2.45, 2.75) is 6.54 Å². The fourth-order valence-corrected chi connectivity index (χ4v) is 3.47. The second-order valence-corrected chi connectivity index (χ2v) is 6.86. The molecular weight excluding hydrogens is 350 g/mol. The number of hydrogen-bond acceptors (Lipinski definition) is 4. The van der Waals surface area contributed by atoms with E-state index in [9.17, 15) is 4.79 Å². The van der Waals surface area contributed by atoms with Gasteiger partial charge < -0.3 is 10.6 Å². The number of anilines is 2. The van der Waals surface area contributed by atoms with E-state index in [1.165, 1.54) is 4.88 Å². The van der Waals surface area contributed by atoms with Gasteiger partial charge in [-0.2, -0.15) is 0 Å². The maximum absolute atomic E-state index is 12.3. The minimum atomic E-state index is 0.0536. The van der Waals surface area contributed by atoms with E-state index in [0.29, 0.717) is 12.2 Å². The lowest BCUT2D eigenvalue weighted by molar-refractivity contribution is -0.119. The van der Waals surface area contributed by atoms with Gasteiger partial charge in [-0.1, -0.05) is 0 Å². The number of rotatable bonds is 5. The van der Waals surface area contributed by atoms with Crippen LogP contribution in [0.2, 0.25) is 0 Å². The average molecular weight is 368 g/mol. The van der Waals surface area contributed by atoms with Gasteiger partial charge in [0.1, 0.15) is 0 Å². The van der Waals surface area contributed by atoms with Crippen molar-refractivity contribution >= 4 is 44.5 Å². The Kier molecular flexibility index (Phi) is 5.39. The van der Waals surface area contributed by atoms with Crippen molar-refractivity contribution in [2.24, 2.45) is 0 Å². The Hall–Kier alpha value is -1.37. The van der Waals surface area contributed by atoms with Crippen LogP contribution in [0.25, 0.3) is 0 Å². The van der Waals surface area contributed by atoms with Gasteiger partial charge in [0.05, 0.1) is 6.54 Å². The molecule has 1 aromatic carbocycles. The lowest BCUT2D eigenvalue weighted by Gasteiger charge is -2.21. The van der Waals surface area contributed by atoms with Crippen LogP contribution < -0.4 is 10.6 Å². The summed E-state index contributed by atoms with van der Waals surface area (Å²) in [4.78, 5) is 17.2. The summed E-state index contributed by atoms with van der Waals surface area (Å²) in [6.45, 7) is 1.13. The number of carbonyl (C=O) groups excluding carboxylic acids is 1. The number of halogens is 1. The van der Waals surface area contributed by atoms with E-state index >= 15 is 0 Å². The van der Waals surface area contributed by atoms with Crippen LogP contribution in [-0.4, -0.2) is 31.4 Å². The van der Waals surface area contributed by atoms with Gasteiger partial charge in [-0.15, -0.1) is 11.3 Å². The molecule has 0 aliphatic rings. The number of benzene rings is 1. The molecule has 0 saturated carbocycles. The molecule has 0 radical (unpaired) electrons. The molecule has 1 aromatic heterocycles. The molecule has 4 nitrogen and oxygen atoms in total. The summed E-state index contributed by atoms with van der Waals surface area (Å²) in [5, 5.41) is 2.05. The molecule has 0 unspecified atom stereocenters. The largest absolute Gasteiger partial charge is 0.399 e. The minimum absolute atomic E-state index is 0.0536. The number of likely N-dealkylation sites (N-methyl/N-ethyl adjacent to an activating group) is 2. The van der Waals surface area contributed by atoms with Crippen molar-refractivity contribution in [3.05, 3.63) is 45.1 Å². The lowest BCUT2D eigenvalue weighted by atomic mass is 10.2. The quantitative estimate of drug-likeness (QED) is 0.825. The van der Waals surface area contributed by atoms with Gasteiger partial charge in [-0.05, 0) is 53.3 Å². The molecule has 0 atom stereocenters. The van der Waals surface area contributed by atoms with Crippen molar-refractivity contribution in [1.82, 2.24) is 4.90 Å². The molecule has 0 bridgehead atoms. The number of carbonyl (C=O) groups is 1. The van der Waals surface area contributed by atoms with Crippen molar-refractivity contribution in [1.29, 1.82) is 0 Å². The third kappa shape index (κ3) is 4.56. The highest BCUT2D eigenvalue weighted by molar-refractivity contribution is 9.10. The average Bonchev–Trinajstić information content (AvgIpc) is 2.83. The number of amides is 1. The van der Waals surface area contributed by atoms with Gasteiger partial charge in [0.2, 0.25) is 5.91 Å². The van der Waals surface area contributed by atoms with E-state index in [1.54, 1.807) is 35.4 Å². The Morgan fingerprint density at radius 1 is 1.29 bits per heavy atom. The van der Waals surface area contributed by atoms with Crippen molar-refractivity contribution < 1.29 is 4.79 Å². The highest BCUT2D eigenvalue weighted by Crippen LogP contribution is 2.21. The predicted octanol–water partition coefficient (Wildman–Crippen LogP) is 3.19. The Bertz CT molecular complexity index is 612. The topological polar surface area (TPSA) is 49.6 Å². The summed E-state index contributed by atoms with van der Waals surface area (Å²) in [5.41, 5.74) is 7.20. The fraction of sp³-hybridized carbons (Fsp3) is 0.267. The normalized spacial score (nSPS) is 10.9. The predicted molar refractivity (Wildman–Crippen MR) is 92.6 cm³/mol. The van der Waals surface area contributed by atoms with Crippen LogP contribution in [0.3, 0.4) is 0 Å². The summed E-state index contributed by atoms with van der Waals surface area (Å²) >= 11 is 5.12. The van der Waals surface area contributed by atoms with E-state index in [0.717, 1.165) is 16.7 Å². The summed E-state index contributed by atoms with van der Waals surface area (Å²) in [7, 11) is 3.73. The summed E-state index contributed by atoms with van der Waals surface area (Å²) in [6.07, 6.45) is 0. The number of nitrogen functional groups attached to an aromatic ring is 1. The van der Waals surface area contributed by atoms with Gasteiger partial charge in [-0.3, -0.25) is 9.69 Å². The van der Waals surface area contributed by atoms with Crippen LogP contribution >= 0.6 is 27.3 Å². The Balaban J connectivity index is 1.92. The first-order valence-electron chi connectivity index (χ1n) is 6.49. The smallest absolute Gasteiger partial charge is 0.240 e. The maximum Gasteiger partial charge on any atom is 0.240 e. The second kappa shape index (κ2) is 7.06. The monoisotopic (exact) mass is 367 g/mol. The molecule has 2 rings (SSSR count). The van der Waals surface area contributed by atoms with Gasteiger partial charge in [0.15, 0.2) is 0 Å². The van der Waals surface area contributed by atoms with Crippen molar-refractivity contribution in [2.75, 3.05) is 31.3 Å². The van der Waals surface area contributed by atoms with Crippen LogP contribution in [0.5, 0.6) is 0 Å². The molecule has 2 N–H and O–H groups in total. The third-order valence-electron chi connectivity index (χ3n) is 3.11. The zero-order valence-electron chi connectivity index (χ0n) is 12.0. The first kappa shape index (κ1) is 16.0. The third-order valence-corrected chi connectivity index (χ3v) is 4.79. The van der Waals surface area contributed by atoms with Crippen LogP contribution in [0.4, 0.5) is 11.4 Å². The first-order valence-corrected chi connectivity index (χ1v) is 8.16. The standard InChI is InChI=1S/C15H18BrN3OS/c1-18(8-14-7-11(16)10-21-14)9-15(20)19(2)13-5-3-12(17)4-6-13/h3-7,10H,8-9,17H2,1-2H3. The zero-order chi connectivity index (χ0) is 15.4. The lowest BCUT2D eigenvalue weighted by Crippen LogP contribution is -2.36. The SMILES string of the molecule is CN(CC(=O)N(C)c1ccc(N)cc1)Cc1cc(Br)cs1. The highest BCUT2D eigenvalue weighted by Gasteiger charge is 2.14. The van der Waals surface area contributed by atoms with Gasteiger partial charge >= 0.3 is 0 Å². The van der Waals surface area contributed by atoms with E-state index in [1.807, 2.05) is 29.5 Å². The van der Waals surface area contributed by atoms with E-state index < -0.39 is 0 Å². The number of nitrogens with zero attached hydrogens (tertiary/aromatic N) is 2. The number of hydrogen-bond donors (Lipinski definition) is 1. The Morgan fingerprint density at radius 3 is 2.52 bits per heavy atom. The highest BCUT2D eigenvalue weighted by atomic mass is 79.9. The second-order valence-electron chi connectivity index (χ2n) is 4.95. The summed E-state index contributed by atoms with van der Waals surface area (Å²) in [6, 6.07) is 9.38. The molecule has 1 amide bonds. The molecule has 1 heterocycles. The van der Waals surface area contributed by atoms with E-state index in [2.05, 4.69) is 22.0 Å². The summed E-state index contributed by atoms with van der Waals surface area (Å²) < 4.78 is 1.08. The van der Waals surface area contributed by atoms with Crippen LogP contribution in [0.15, 0.2) is 40.2 Å². The van der Waals surface area contributed by atoms with Crippen LogP contribution in [-0.2, 0) is 11.3 Å². The van der Waals surface area contributed by atoms with Crippen LogP contribution in [0.1, 0.15) is 4.88 Å². The van der Waals surface area contributed by atoms with Gasteiger partial charge in [-0.25, -0.2) is 0 Å². The van der Waals surface area contributed by atoms with E-state index in [4.69, 9.17) is 5.73 Å². The molecule has 2 aromatic rings. The van der Waals surface area contributed by atoms with Crippen molar-refractivity contribution in [3.63, 3.8) is 0 Å². The maximum atomic E-state index is 12.3. The molecule has 6 heteroatoms. The zero-order valence-corrected chi connectivity index (χ0v) is 14.4. The Labute approximate surface area is 137 Å². The molecule has 112 valence electrons. The molecule has 0 saturated heterocycles. The van der Waals surface area contributed by atoms with Gasteiger partial charge in [0.25, 0.3) is 0 Å². The molecule has 0 fully saturated rings. The minimum Gasteiger partial charge on any atom is -0.399 e. The molecule has 21 heavy (non-hydrogen) atoms. The van der Waals surface area contributed by atoms with E-state index in [-0.39, 0.29) is 5.91 Å².